The highest BCUT2D eigenvalue weighted by atomic mass is 31.3. The van der Waals surface area contributed by atoms with Crippen LogP contribution in [0.25, 0.3) is 0 Å². The maximum absolute atomic E-state index is 11.7. The van der Waals surface area contributed by atoms with Gasteiger partial charge in [-0.05, 0) is 18.9 Å². The molecule has 1 aliphatic heterocycles. The molecule has 2 rings (SSSR count). The fourth-order valence-corrected chi connectivity index (χ4v) is 5.19. The van der Waals surface area contributed by atoms with Gasteiger partial charge in [0.05, 0.1) is 12.7 Å². The van der Waals surface area contributed by atoms with Gasteiger partial charge in [-0.3, -0.25) is 9.09 Å². The second kappa shape index (κ2) is 12.9. The molecule has 18 heteroatoms. The van der Waals surface area contributed by atoms with Crippen molar-refractivity contribution in [3.8, 4) is 0 Å². The van der Waals surface area contributed by atoms with Crippen LogP contribution in [0.4, 0.5) is 5.82 Å². The molecule has 4 unspecified atom stereocenters. The Hall–Kier alpha value is -0.950. The molecule has 15 nitrogen and oxygen atoms in total. The third-order valence-corrected chi connectivity index (χ3v) is 6.89. The predicted octanol–water partition coefficient (Wildman–Crippen LogP) is 1.90. The number of phosphoric ester groups is 1. The third-order valence-electron chi connectivity index (χ3n) is 3.09. The van der Waals surface area contributed by atoms with Crippen molar-refractivity contribution >= 4 is 29.3 Å². The summed E-state index contributed by atoms with van der Waals surface area (Å²) in [6.07, 6.45) is 0.456. The van der Waals surface area contributed by atoms with Crippen molar-refractivity contribution in [3.05, 3.63) is 22.7 Å². The molecule has 0 spiro atoms. The summed E-state index contributed by atoms with van der Waals surface area (Å²) < 4.78 is 51.6. The molecular weight excluding hydrogens is 483 g/mol. The summed E-state index contributed by atoms with van der Waals surface area (Å²) in [7, 11) is -16.3. The number of nitrogen functional groups attached to an aromatic ring is 1. The van der Waals surface area contributed by atoms with Gasteiger partial charge in [0.15, 0.2) is 0 Å². The summed E-state index contributed by atoms with van der Waals surface area (Å²) in [6, 6.07) is 1.38. The van der Waals surface area contributed by atoms with Gasteiger partial charge >= 0.3 is 29.2 Å². The van der Waals surface area contributed by atoms with Crippen LogP contribution in [-0.4, -0.2) is 41.8 Å². The predicted molar refractivity (Wildman–Crippen MR) is 109 cm³/mol. The Labute approximate surface area is 178 Å². The van der Waals surface area contributed by atoms with Crippen molar-refractivity contribution in [1.29, 1.82) is 0 Å². The van der Waals surface area contributed by atoms with Crippen LogP contribution >= 0.6 is 23.5 Å². The first kappa shape index (κ1) is 30.0. The van der Waals surface area contributed by atoms with Crippen molar-refractivity contribution < 1.29 is 51.2 Å². The van der Waals surface area contributed by atoms with Gasteiger partial charge in [-0.25, -0.2) is 18.5 Å². The van der Waals surface area contributed by atoms with E-state index < -0.39 is 48.1 Å². The van der Waals surface area contributed by atoms with Crippen LogP contribution in [0.3, 0.4) is 0 Å². The molecule has 1 aliphatic rings. The lowest BCUT2D eigenvalue weighted by molar-refractivity contribution is -0.0242. The quantitative estimate of drug-likeness (QED) is 0.314. The van der Waals surface area contributed by atoms with Gasteiger partial charge in [-0.1, -0.05) is 27.7 Å². The minimum Gasteiger partial charge on any atom is -0.383 e. The van der Waals surface area contributed by atoms with Crippen LogP contribution in [0, 0.1) is 0 Å². The highest BCUT2D eigenvalue weighted by Crippen LogP contribution is 2.66. The van der Waals surface area contributed by atoms with E-state index in [0.29, 0.717) is 6.42 Å². The van der Waals surface area contributed by atoms with Gasteiger partial charge < -0.3 is 30.0 Å². The van der Waals surface area contributed by atoms with Crippen molar-refractivity contribution in [2.75, 3.05) is 12.3 Å². The average Bonchev–Trinajstić information content (AvgIpc) is 3.09. The summed E-state index contributed by atoms with van der Waals surface area (Å²) in [5, 5.41) is 0. The lowest BCUT2D eigenvalue weighted by Gasteiger charge is -2.18. The monoisotopic (exact) mass is 511 g/mol. The van der Waals surface area contributed by atoms with Crippen LogP contribution in [0.2, 0.25) is 0 Å². The third kappa shape index (κ3) is 11.5. The Balaban J connectivity index is 0.00000212. The fraction of sp³-hybridized carbons (Fsp3) is 0.692. The molecule has 1 fully saturated rings. The van der Waals surface area contributed by atoms with Gasteiger partial charge in [0.25, 0.3) is 0 Å². The molecule has 2 heterocycles. The highest BCUT2D eigenvalue weighted by Gasteiger charge is 2.41. The van der Waals surface area contributed by atoms with E-state index in [1.54, 1.807) is 0 Å². The summed E-state index contributed by atoms with van der Waals surface area (Å²) in [5.41, 5.74) is 4.72. The molecule has 1 aromatic rings. The van der Waals surface area contributed by atoms with Crippen LogP contribution in [0.1, 0.15) is 46.8 Å². The molecule has 6 N–H and O–H groups in total. The van der Waals surface area contributed by atoms with Crippen LogP contribution in [-0.2, 0) is 31.6 Å². The normalized spacial score (nSPS) is 22.2. The summed E-state index contributed by atoms with van der Waals surface area (Å²) in [5.74, 6) is 0.0263. The largest absolute Gasteiger partial charge is 0.490 e. The Morgan fingerprint density at radius 1 is 1.10 bits per heavy atom. The van der Waals surface area contributed by atoms with E-state index in [9.17, 15) is 23.4 Å². The van der Waals surface area contributed by atoms with E-state index in [1.807, 2.05) is 27.7 Å². The van der Waals surface area contributed by atoms with E-state index in [4.69, 9.17) is 25.2 Å². The first-order valence-electron chi connectivity index (χ1n) is 9.05. The Kier molecular flexibility index (Phi) is 12.5. The number of ether oxygens (including phenoxy) is 1. The SMILES string of the molecule is CC.CC.Nc1ccn(C2CCC(COP(=O)(O)OP(=O)(O)OP(=O)(O)O)O2)c(=O)n1. The molecule has 0 saturated carbocycles. The van der Waals surface area contributed by atoms with Gasteiger partial charge in [0.2, 0.25) is 0 Å². The molecule has 0 aromatic carbocycles. The Morgan fingerprint density at radius 3 is 2.19 bits per heavy atom. The number of phosphoric acid groups is 3. The molecule has 0 aliphatic carbocycles. The smallest absolute Gasteiger partial charge is 0.383 e. The molecule has 0 amide bonds. The van der Waals surface area contributed by atoms with Crippen molar-refractivity contribution in [2.45, 2.75) is 52.9 Å². The number of hydrogen-bond donors (Lipinski definition) is 5. The van der Waals surface area contributed by atoms with Crippen LogP contribution in [0.15, 0.2) is 17.1 Å². The van der Waals surface area contributed by atoms with Crippen LogP contribution < -0.4 is 11.4 Å². The molecule has 1 saturated heterocycles. The second-order valence-corrected chi connectivity index (χ2v) is 9.64. The Bertz CT molecular complexity index is 888. The number of hydrogen-bond acceptors (Lipinski definition) is 10. The number of nitrogens with zero attached hydrogens (tertiary/aromatic N) is 2. The molecular formula is C13H28N3O12P3. The zero-order valence-electron chi connectivity index (χ0n) is 17.3. The maximum Gasteiger partial charge on any atom is 0.490 e. The van der Waals surface area contributed by atoms with Crippen LogP contribution in [0.5, 0.6) is 0 Å². The maximum atomic E-state index is 11.7. The lowest BCUT2D eigenvalue weighted by atomic mass is 10.2. The number of aromatic nitrogens is 2. The Morgan fingerprint density at radius 2 is 1.68 bits per heavy atom. The van der Waals surface area contributed by atoms with E-state index in [-0.39, 0.29) is 12.2 Å². The van der Waals surface area contributed by atoms with Gasteiger partial charge in [-0.2, -0.15) is 13.6 Å². The first-order valence-corrected chi connectivity index (χ1v) is 13.6. The molecule has 0 bridgehead atoms. The average molecular weight is 511 g/mol. The van der Waals surface area contributed by atoms with Crippen molar-refractivity contribution in [1.82, 2.24) is 9.55 Å². The van der Waals surface area contributed by atoms with Gasteiger partial charge in [0.1, 0.15) is 12.0 Å². The molecule has 0 radical (unpaired) electrons. The van der Waals surface area contributed by atoms with Gasteiger partial charge in [-0.15, -0.1) is 0 Å². The van der Waals surface area contributed by atoms with Crippen molar-refractivity contribution in [2.24, 2.45) is 0 Å². The zero-order chi connectivity index (χ0) is 24.5. The highest BCUT2D eigenvalue weighted by molar-refractivity contribution is 7.66. The van der Waals surface area contributed by atoms with E-state index in [1.165, 1.54) is 12.3 Å². The minimum atomic E-state index is -5.58. The molecule has 31 heavy (non-hydrogen) atoms. The molecule has 182 valence electrons. The lowest BCUT2D eigenvalue weighted by Crippen LogP contribution is -2.27. The van der Waals surface area contributed by atoms with E-state index in [0.717, 1.165) is 4.57 Å². The molecule has 4 atom stereocenters. The summed E-state index contributed by atoms with van der Waals surface area (Å²) in [6.45, 7) is 7.41. The number of nitrogens with two attached hydrogens (primary N) is 1. The van der Waals surface area contributed by atoms with Gasteiger partial charge in [0, 0.05) is 6.20 Å². The van der Waals surface area contributed by atoms with E-state index >= 15 is 0 Å². The van der Waals surface area contributed by atoms with E-state index in [2.05, 4.69) is 18.1 Å². The second-order valence-electron chi connectivity index (χ2n) is 5.22. The first-order chi connectivity index (χ1) is 14.3. The number of rotatable bonds is 8. The summed E-state index contributed by atoms with van der Waals surface area (Å²) >= 11 is 0. The topological polar surface area (TPSA) is 230 Å². The fourth-order valence-electron chi connectivity index (χ4n) is 2.14. The zero-order valence-corrected chi connectivity index (χ0v) is 20.0. The number of anilines is 1. The van der Waals surface area contributed by atoms with Crippen molar-refractivity contribution in [3.63, 3.8) is 0 Å². The molecule has 1 aromatic heterocycles. The minimum absolute atomic E-state index is 0.0263. The summed E-state index contributed by atoms with van der Waals surface area (Å²) in [4.78, 5) is 50.6. The standard InChI is InChI=1S/C9H16N3O12P3.2C2H6/c10-7-3-4-12(9(13)11-7)8-2-1-6(22-8)5-21-26(17,18)24-27(19,20)23-25(14,15)16;2*1-2/h3-4,6,8H,1-2,5H2,(H,17,18)(H,19,20)(H2,10,11,13)(H2,14,15,16);2*1-2H3.